The molecule has 1 atom stereocenters. The molecule has 0 spiro atoms. The van der Waals surface area contributed by atoms with Gasteiger partial charge in [-0.05, 0) is 18.1 Å². The Hall–Kier alpha value is -0.710. The minimum Gasteiger partial charge on any atom is -0.345 e. The molecule has 1 aromatic heterocycles. The SMILES string of the molecule is CC[C@@H](C)CC(=O)c1ccc(C2OCCO2)s1. The third-order valence-corrected chi connectivity index (χ3v) is 4.13. The van der Waals surface area contributed by atoms with E-state index in [1.165, 1.54) is 11.3 Å². The maximum atomic E-state index is 12.0. The van der Waals surface area contributed by atoms with Crippen molar-refractivity contribution in [3.05, 3.63) is 21.9 Å². The van der Waals surface area contributed by atoms with Gasteiger partial charge < -0.3 is 9.47 Å². The summed E-state index contributed by atoms with van der Waals surface area (Å²) in [5.74, 6) is 0.681. The van der Waals surface area contributed by atoms with Crippen molar-refractivity contribution in [3.63, 3.8) is 0 Å². The standard InChI is InChI=1S/C13H18O3S/c1-3-9(2)8-10(14)11-4-5-12(17-11)13-15-6-7-16-13/h4-5,9,13H,3,6-8H2,1-2H3/t9-/m1/s1. The molecule has 1 aliphatic rings. The molecule has 94 valence electrons. The predicted octanol–water partition coefficient (Wildman–Crippen LogP) is 3.41. The molecule has 0 aliphatic carbocycles. The van der Waals surface area contributed by atoms with E-state index in [1.54, 1.807) is 0 Å². The van der Waals surface area contributed by atoms with Crippen LogP contribution >= 0.6 is 11.3 Å². The van der Waals surface area contributed by atoms with Gasteiger partial charge in [0.1, 0.15) is 0 Å². The zero-order valence-corrected chi connectivity index (χ0v) is 11.1. The van der Waals surface area contributed by atoms with Crippen molar-refractivity contribution in [1.82, 2.24) is 0 Å². The van der Waals surface area contributed by atoms with Gasteiger partial charge in [0.15, 0.2) is 12.1 Å². The van der Waals surface area contributed by atoms with Gasteiger partial charge in [0, 0.05) is 6.42 Å². The number of rotatable bonds is 5. The first-order valence-corrected chi connectivity index (χ1v) is 6.88. The number of ketones is 1. The summed E-state index contributed by atoms with van der Waals surface area (Å²) in [6.07, 6.45) is 1.41. The van der Waals surface area contributed by atoms with Crippen LogP contribution in [0.2, 0.25) is 0 Å². The molecule has 1 fully saturated rings. The number of hydrogen-bond donors (Lipinski definition) is 0. The largest absolute Gasteiger partial charge is 0.345 e. The van der Waals surface area contributed by atoms with Crippen molar-refractivity contribution >= 4 is 17.1 Å². The molecular formula is C13H18O3S. The number of carbonyl (C=O) groups is 1. The highest BCUT2D eigenvalue weighted by Gasteiger charge is 2.21. The summed E-state index contributed by atoms with van der Waals surface area (Å²) in [6, 6.07) is 3.82. The lowest BCUT2D eigenvalue weighted by molar-refractivity contribution is -0.0413. The molecule has 4 heteroatoms. The average molecular weight is 254 g/mol. The molecule has 17 heavy (non-hydrogen) atoms. The molecule has 1 saturated heterocycles. The van der Waals surface area contributed by atoms with Crippen molar-refractivity contribution < 1.29 is 14.3 Å². The van der Waals surface area contributed by atoms with E-state index in [2.05, 4.69) is 13.8 Å². The van der Waals surface area contributed by atoms with Crippen LogP contribution in [0.3, 0.4) is 0 Å². The van der Waals surface area contributed by atoms with Crippen LogP contribution in [0, 0.1) is 5.92 Å². The molecular weight excluding hydrogens is 236 g/mol. The van der Waals surface area contributed by atoms with Gasteiger partial charge in [-0.15, -0.1) is 11.3 Å². The van der Waals surface area contributed by atoms with Crippen LogP contribution in [0.5, 0.6) is 0 Å². The monoisotopic (exact) mass is 254 g/mol. The normalized spacial score (nSPS) is 18.5. The molecule has 0 aromatic carbocycles. The van der Waals surface area contributed by atoms with Crippen LogP contribution in [0.25, 0.3) is 0 Å². The molecule has 0 saturated carbocycles. The Morgan fingerprint density at radius 2 is 2.18 bits per heavy atom. The van der Waals surface area contributed by atoms with Gasteiger partial charge in [-0.25, -0.2) is 0 Å². The quantitative estimate of drug-likeness (QED) is 0.755. The Kier molecular flexibility index (Phi) is 4.31. The zero-order chi connectivity index (χ0) is 12.3. The van der Waals surface area contributed by atoms with E-state index < -0.39 is 0 Å². The number of carbonyl (C=O) groups excluding carboxylic acids is 1. The van der Waals surface area contributed by atoms with Crippen LogP contribution in [-0.2, 0) is 9.47 Å². The predicted molar refractivity (Wildman–Crippen MR) is 67.4 cm³/mol. The summed E-state index contributed by atoms with van der Waals surface area (Å²) in [5.41, 5.74) is 0. The van der Waals surface area contributed by atoms with Crippen LogP contribution in [0.15, 0.2) is 12.1 Å². The Morgan fingerprint density at radius 3 is 2.82 bits per heavy atom. The van der Waals surface area contributed by atoms with Crippen molar-refractivity contribution in [2.45, 2.75) is 33.0 Å². The number of Topliss-reactive ketones (excluding diaryl/α,β-unsaturated/α-hetero) is 1. The third kappa shape index (κ3) is 3.15. The first kappa shape index (κ1) is 12.7. The molecule has 1 aliphatic heterocycles. The summed E-state index contributed by atoms with van der Waals surface area (Å²) in [7, 11) is 0. The lowest BCUT2D eigenvalue weighted by atomic mass is 10.0. The van der Waals surface area contributed by atoms with Crippen molar-refractivity contribution in [1.29, 1.82) is 0 Å². The van der Waals surface area contributed by atoms with E-state index in [0.717, 1.165) is 16.2 Å². The van der Waals surface area contributed by atoms with E-state index in [4.69, 9.17) is 9.47 Å². The molecule has 2 rings (SSSR count). The second-order valence-corrected chi connectivity index (χ2v) is 5.53. The molecule has 0 N–H and O–H groups in total. The maximum absolute atomic E-state index is 12.0. The highest BCUT2D eigenvalue weighted by Crippen LogP contribution is 2.30. The van der Waals surface area contributed by atoms with Crippen LogP contribution in [0.1, 0.15) is 47.5 Å². The Bertz CT molecular complexity index is 380. The van der Waals surface area contributed by atoms with Crippen molar-refractivity contribution in [2.24, 2.45) is 5.92 Å². The summed E-state index contributed by atoms with van der Waals surface area (Å²) in [6.45, 7) is 5.49. The summed E-state index contributed by atoms with van der Waals surface area (Å²) >= 11 is 1.49. The van der Waals surface area contributed by atoms with Gasteiger partial charge in [-0.3, -0.25) is 4.79 Å². The molecule has 0 bridgehead atoms. The zero-order valence-electron chi connectivity index (χ0n) is 10.3. The van der Waals surface area contributed by atoms with E-state index in [-0.39, 0.29) is 12.1 Å². The summed E-state index contributed by atoms with van der Waals surface area (Å²) < 4.78 is 10.8. The Balaban J connectivity index is 1.99. The lowest BCUT2D eigenvalue weighted by Crippen LogP contribution is -2.03. The molecule has 0 radical (unpaired) electrons. The molecule has 1 aromatic rings. The van der Waals surface area contributed by atoms with Gasteiger partial charge >= 0.3 is 0 Å². The highest BCUT2D eigenvalue weighted by atomic mass is 32.1. The molecule has 2 heterocycles. The topological polar surface area (TPSA) is 35.5 Å². The first-order valence-electron chi connectivity index (χ1n) is 6.06. The van der Waals surface area contributed by atoms with Crippen molar-refractivity contribution in [3.8, 4) is 0 Å². The van der Waals surface area contributed by atoms with Gasteiger partial charge in [0.05, 0.1) is 23.0 Å². The second kappa shape index (κ2) is 5.76. The van der Waals surface area contributed by atoms with Crippen LogP contribution < -0.4 is 0 Å². The van der Waals surface area contributed by atoms with Crippen LogP contribution in [-0.4, -0.2) is 19.0 Å². The van der Waals surface area contributed by atoms with E-state index >= 15 is 0 Å². The lowest BCUT2D eigenvalue weighted by Gasteiger charge is -2.06. The first-order chi connectivity index (χ1) is 8.20. The van der Waals surface area contributed by atoms with Gasteiger partial charge in [0.25, 0.3) is 0 Å². The number of hydrogen-bond acceptors (Lipinski definition) is 4. The van der Waals surface area contributed by atoms with Crippen LogP contribution in [0.4, 0.5) is 0 Å². The summed E-state index contributed by atoms with van der Waals surface area (Å²) in [4.78, 5) is 13.8. The molecule has 0 amide bonds. The van der Waals surface area contributed by atoms with E-state index in [1.807, 2.05) is 12.1 Å². The fraction of sp³-hybridized carbons (Fsp3) is 0.615. The summed E-state index contributed by atoms with van der Waals surface area (Å²) in [5, 5.41) is 0. The Labute approximate surface area is 106 Å². The maximum Gasteiger partial charge on any atom is 0.193 e. The Morgan fingerprint density at radius 1 is 1.47 bits per heavy atom. The van der Waals surface area contributed by atoms with Crippen molar-refractivity contribution in [2.75, 3.05) is 13.2 Å². The second-order valence-electron chi connectivity index (χ2n) is 4.42. The molecule has 0 unspecified atom stereocenters. The van der Waals surface area contributed by atoms with E-state index in [0.29, 0.717) is 25.6 Å². The van der Waals surface area contributed by atoms with Gasteiger partial charge in [0.2, 0.25) is 0 Å². The fourth-order valence-electron chi connectivity index (χ4n) is 1.71. The number of ether oxygens (including phenoxy) is 2. The highest BCUT2D eigenvalue weighted by molar-refractivity contribution is 7.14. The smallest absolute Gasteiger partial charge is 0.193 e. The fourth-order valence-corrected chi connectivity index (χ4v) is 2.67. The number of thiophene rings is 1. The van der Waals surface area contributed by atoms with E-state index in [9.17, 15) is 4.79 Å². The average Bonchev–Trinajstić information content (AvgIpc) is 2.98. The minimum atomic E-state index is -0.259. The van der Waals surface area contributed by atoms with Gasteiger partial charge in [-0.1, -0.05) is 20.3 Å². The third-order valence-electron chi connectivity index (χ3n) is 2.99. The minimum absolute atomic E-state index is 0.230. The van der Waals surface area contributed by atoms with Gasteiger partial charge in [-0.2, -0.15) is 0 Å². The molecule has 3 nitrogen and oxygen atoms in total.